The number of hydrogen-bond acceptors (Lipinski definition) is 5. The van der Waals surface area contributed by atoms with Crippen molar-refractivity contribution in [3.8, 4) is 17.6 Å². The Hall–Kier alpha value is -2.78. The predicted octanol–water partition coefficient (Wildman–Crippen LogP) is 4.04. The summed E-state index contributed by atoms with van der Waals surface area (Å²) in [5.41, 5.74) is 0.839. The Morgan fingerprint density at radius 1 is 1.42 bits per heavy atom. The van der Waals surface area contributed by atoms with Gasteiger partial charge in [-0.05, 0) is 48.1 Å². The van der Waals surface area contributed by atoms with E-state index in [1.807, 2.05) is 28.5 Å². The molecule has 5 nitrogen and oxygen atoms in total. The van der Waals surface area contributed by atoms with E-state index in [9.17, 15) is 4.79 Å². The lowest BCUT2D eigenvalue weighted by atomic mass is 10.1. The Morgan fingerprint density at radius 2 is 2.31 bits per heavy atom. The second kappa shape index (κ2) is 8.54. The van der Waals surface area contributed by atoms with Crippen LogP contribution in [0.15, 0.2) is 41.8 Å². The summed E-state index contributed by atoms with van der Waals surface area (Å²) in [6.45, 7) is 0.749. The normalized spacial score (nSPS) is 16.6. The van der Waals surface area contributed by atoms with E-state index in [0.29, 0.717) is 11.5 Å². The van der Waals surface area contributed by atoms with Gasteiger partial charge < -0.3 is 14.4 Å². The zero-order chi connectivity index (χ0) is 18.4. The smallest absolute Gasteiger partial charge is 0.247 e. The van der Waals surface area contributed by atoms with Crippen molar-refractivity contribution < 1.29 is 14.3 Å². The number of nitrogens with zero attached hydrogens (tertiary/aromatic N) is 2. The molecule has 1 aliphatic heterocycles. The van der Waals surface area contributed by atoms with Crippen LogP contribution in [0.1, 0.15) is 29.3 Å². The number of carbonyl (C=O) groups is 1. The van der Waals surface area contributed by atoms with Crippen LogP contribution in [-0.2, 0) is 4.79 Å². The molecule has 1 unspecified atom stereocenters. The average Bonchev–Trinajstić information content (AvgIpc) is 3.35. The van der Waals surface area contributed by atoms with Gasteiger partial charge >= 0.3 is 0 Å². The van der Waals surface area contributed by atoms with E-state index in [1.165, 1.54) is 4.88 Å². The molecule has 2 heterocycles. The van der Waals surface area contributed by atoms with Crippen LogP contribution in [0.5, 0.6) is 11.5 Å². The number of amides is 1. The van der Waals surface area contributed by atoms with Gasteiger partial charge in [0.25, 0.3) is 0 Å². The molecule has 3 rings (SSSR count). The van der Waals surface area contributed by atoms with E-state index < -0.39 is 0 Å². The third kappa shape index (κ3) is 4.06. The van der Waals surface area contributed by atoms with Crippen molar-refractivity contribution in [1.82, 2.24) is 4.90 Å². The highest BCUT2D eigenvalue weighted by molar-refractivity contribution is 7.10. The fraction of sp³-hybridized carbons (Fsp3) is 0.300. The van der Waals surface area contributed by atoms with Gasteiger partial charge in [-0.3, -0.25) is 4.79 Å². The lowest BCUT2D eigenvalue weighted by Gasteiger charge is -2.22. The third-order valence-corrected chi connectivity index (χ3v) is 5.28. The number of thiophene rings is 1. The molecule has 6 heteroatoms. The molecular weight excluding hydrogens is 348 g/mol. The van der Waals surface area contributed by atoms with E-state index in [1.54, 1.807) is 42.7 Å². The summed E-state index contributed by atoms with van der Waals surface area (Å²) in [7, 11) is 1.54. The Bertz CT molecular complexity index is 824. The molecule has 0 spiro atoms. The number of rotatable bonds is 6. The number of benzene rings is 1. The van der Waals surface area contributed by atoms with E-state index in [2.05, 4.69) is 6.07 Å². The third-order valence-electron chi connectivity index (χ3n) is 4.31. The van der Waals surface area contributed by atoms with Gasteiger partial charge in [-0.15, -0.1) is 11.3 Å². The first-order valence-corrected chi connectivity index (χ1v) is 9.30. The van der Waals surface area contributed by atoms with Gasteiger partial charge in [-0.2, -0.15) is 5.26 Å². The van der Waals surface area contributed by atoms with Crippen molar-refractivity contribution in [2.75, 3.05) is 20.3 Å². The van der Waals surface area contributed by atoms with E-state index in [0.717, 1.165) is 24.9 Å². The number of ether oxygens (including phenoxy) is 2. The monoisotopic (exact) mass is 368 g/mol. The van der Waals surface area contributed by atoms with Gasteiger partial charge in [-0.25, -0.2) is 0 Å². The van der Waals surface area contributed by atoms with Crippen LogP contribution in [0.2, 0.25) is 0 Å². The van der Waals surface area contributed by atoms with E-state index in [4.69, 9.17) is 14.7 Å². The van der Waals surface area contributed by atoms with Crippen LogP contribution in [0.25, 0.3) is 6.08 Å². The largest absolute Gasteiger partial charge is 0.493 e. The number of methoxy groups -OCH3 is 1. The number of likely N-dealkylation sites (tertiary alicyclic amines) is 1. The fourth-order valence-corrected chi connectivity index (χ4v) is 3.96. The molecule has 0 radical (unpaired) electrons. The molecule has 1 saturated heterocycles. The minimum Gasteiger partial charge on any atom is -0.493 e. The maximum Gasteiger partial charge on any atom is 0.247 e. The molecule has 1 fully saturated rings. The lowest BCUT2D eigenvalue weighted by Crippen LogP contribution is -2.28. The van der Waals surface area contributed by atoms with Crippen LogP contribution in [0.4, 0.5) is 0 Å². The summed E-state index contributed by atoms with van der Waals surface area (Å²) in [5, 5.41) is 10.7. The highest BCUT2D eigenvalue weighted by Crippen LogP contribution is 2.34. The number of nitriles is 1. The summed E-state index contributed by atoms with van der Waals surface area (Å²) < 4.78 is 10.6. The Balaban J connectivity index is 1.71. The Labute approximate surface area is 157 Å². The maximum atomic E-state index is 12.6. The first kappa shape index (κ1) is 18.0. The standard InChI is InChI=1S/C20H20N2O3S/c1-24-18-14-15(6-8-17(18)25-12-10-21)7-9-20(23)22-11-2-4-16(22)19-5-3-13-26-19/h3,5-9,13-14,16H,2,4,11-12H2,1H3/b9-7+. The quantitative estimate of drug-likeness (QED) is 0.722. The SMILES string of the molecule is COc1cc(/C=C/C(=O)N2CCCC2c2cccs2)ccc1OCC#N. The molecule has 1 aromatic heterocycles. The van der Waals surface area contributed by atoms with E-state index >= 15 is 0 Å². The molecular formula is C20H20N2O3S. The molecule has 0 N–H and O–H groups in total. The summed E-state index contributed by atoms with van der Waals surface area (Å²) in [6, 6.07) is 11.6. The van der Waals surface area contributed by atoms with Gasteiger partial charge in [0.2, 0.25) is 5.91 Å². The zero-order valence-electron chi connectivity index (χ0n) is 14.6. The van der Waals surface area contributed by atoms with Crippen LogP contribution in [0, 0.1) is 11.3 Å². The minimum absolute atomic E-state index is 0.0182. The van der Waals surface area contributed by atoms with E-state index in [-0.39, 0.29) is 18.6 Å². The molecule has 1 aliphatic rings. The number of carbonyl (C=O) groups excluding carboxylic acids is 1. The van der Waals surface area contributed by atoms with Crippen LogP contribution in [0.3, 0.4) is 0 Å². The van der Waals surface area contributed by atoms with Crippen LogP contribution >= 0.6 is 11.3 Å². The average molecular weight is 368 g/mol. The topological polar surface area (TPSA) is 62.6 Å². The Morgan fingerprint density at radius 3 is 3.04 bits per heavy atom. The van der Waals surface area contributed by atoms with Crippen molar-refractivity contribution in [3.63, 3.8) is 0 Å². The molecule has 1 amide bonds. The predicted molar refractivity (Wildman–Crippen MR) is 101 cm³/mol. The highest BCUT2D eigenvalue weighted by Gasteiger charge is 2.29. The van der Waals surface area contributed by atoms with Crippen LogP contribution < -0.4 is 9.47 Å². The second-order valence-corrected chi connectivity index (χ2v) is 6.87. The summed E-state index contributed by atoms with van der Waals surface area (Å²) in [5.74, 6) is 1.06. The van der Waals surface area contributed by atoms with Crippen molar-refractivity contribution in [2.24, 2.45) is 0 Å². The zero-order valence-corrected chi connectivity index (χ0v) is 15.4. The molecule has 0 aliphatic carbocycles. The number of hydrogen-bond donors (Lipinski definition) is 0. The summed E-state index contributed by atoms with van der Waals surface area (Å²) in [6.07, 6.45) is 5.43. The molecule has 1 aromatic carbocycles. The maximum absolute atomic E-state index is 12.6. The van der Waals surface area contributed by atoms with Gasteiger partial charge in [-0.1, -0.05) is 12.1 Å². The highest BCUT2D eigenvalue weighted by atomic mass is 32.1. The van der Waals surface area contributed by atoms with Crippen molar-refractivity contribution >= 4 is 23.3 Å². The van der Waals surface area contributed by atoms with Crippen molar-refractivity contribution in [3.05, 3.63) is 52.2 Å². The fourth-order valence-electron chi connectivity index (χ4n) is 3.09. The minimum atomic E-state index is -0.0386. The van der Waals surface area contributed by atoms with Gasteiger partial charge in [0.1, 0.15) is 6.07 Å². The summed E-state index contributed by atoms with van der Waals surface area (Å²) in [4.78, 5) is 15.8. The molecule has 134 valence electrons. The van der Waals surface area contributed by atoms with Gasteiger partial charge in [0.05, 0.1) is 13.2 Å². The van der Waals surface area contributed by atoms with Gasteiger partial charge in [0, 0.05) is 17.5 Å². The van der Waals surface area contributed by atoms with Crippen molar-refractivity contribution in [2.45, 2.75) is 18.9 Å². The molecule has 0 saturated carbocycles. The molecule has 0 bridgehead atoms. The lowest BCUT2D eigenvalue weighted by molar-refractivity contribution is -0.126. The second-order valence-electron chi connectivity index (χ2n) is 5.90. The summed E-state index contributed by atoms with van der Waals surface area (Å²) >= 11 is 1.70. The van der Waals surface area contributed by atoms with Crippen LogP contribution in [-0.4, -0.2) is 31.1 Å². The van der Waals surface area contributed by atoms with Gasteiger partial charge in [0.15, 0.2) is 18.1 Å². The molecule has 1 atom stereocenters. The van der Waals surface area contributed by atoms with Crippen molar-refractivity contribution in [1.29, 1.82) is 5.26 Å². The molecule has 2 aromatic rings. The first-order valence-electron chi connectivity index (χ1n) is 8.43. The Kier molecular flexibility index (Phi) is 5.92. The first-order chi connectivity index (χ1) is 12.7. The molecule has 26 heavy (non-hydrogen) atoms.